The molecule has 0 heterocycles. The monoisotopic (exact) mass is 347 g/mol. The molecule has 5 nitrogen and oxygen atoms in total. The predicted octanol–water partition coefficient (Wildman–Crippen LogP) is 3.26. The molecule has 0 fully saturated rings. The summed E-state index contributed by atoms with van der Waals surface area (Å²) in [5.41, 5.74) is 1.84. The average molecular weight is 348 g/mol. The third-order valence-electron chi connectivity index (χ3n) is 3.61. The highest BCUT2D eigenvalue weighted by atomic mass is 35.5. The molecule has 0 spiro atoms. The van der Waals surface area contributed by atoms with Gasteiger partial charge in [0.1, 0.15) is 11.5 Å². The summed E-state index contributed by atoms with van der Waals surface area (Å²) >= 11 is 6.02. The number of nitrogens with zero attached hydrogens (tertiary/aromatic N) is 2. The minimum Gasteiger partial charge on any atom is -0.508 e. The molecule has 0 aliphatic heterocycles. The summed E-state index contributed by atoms with van der Waals surface area (Å²) < 4.78 is 5.19. The van der Waals surface area contributed by atoms with Gasteiger partial charge in [0.05, 0.1) is 7.11 Å². The van der Waals surface area contributed by atoms with Crippen molar-refractivity contribution in [3.63, 3.8) is 0 Å². The molecule has 2 N–H and O–H groups in total. The Hall–Kier alpha value is -2.40. The Morgan fingerprint density at radius 3 is 2.75 bits per heavy atom. The largest absolute Gasteiger partial charge is 0.508 e. The highest BCUT2D eigenvalue weighted by Crippen LogP contribution is 2.22. The maximum atomic E-state index is 9.96. The predicted molar refractivity (Wildman–Crippen MR) is 97.8 cm³/mol. The second kappa shape index (κ2) is 8.45. The Balaban J connectivity index is 2.01. The Kier molecular flexibility index (Phi) is 6.32. The zero-order chi connectivity index (χ0) is 17.5. The standard InChI is InChI=1S/C18H22ClN3O2/c1-20-18(22(2)12-13-5-4-6-15(19)9-13)21-11-14-10-16(24-3)7-8-17(14)23/h4-10,23H,11-12H2,1-3H3,(H,20,21). The first kappa shape index (κ1) is 17.9. The molecular weight excluding hydrogens is 326 g/mol. The van der Waals surface area contributed by atoms with Crippen molar-refractivity contribution in [2.45, 2.75) is 13.1 Å². The number of nitrogens with one attached hydrogen (secondary N) is 1. The topological polar surface area (TPSA) is 57.1 Å². The van der Waals surface area contributed by atoms with Gasteiger partial charge in [0.2, 0.25) is 0 Å². The fraction of sp³-hybridized carbons (Fsp3) is 0.278. The quantitative estimate of drug-likeness (QED) is 0.644. The molecule has 0 aliphatic rings. The first-order valence-corrected chi connectivity index (χ1v) is 7.93. The summed E-state index contributed by atoms with van der Waals surface area (Å²) in [4.78, 5) is 6.27. The van der Waals surface area contributed by atoms with Gasteiger partial charge in [-0.05, 0) is 35.9 Å². The van der Waals surface area contributed by atoms with Crippen LogP contribution in [0.15, 0.2) is 47.5 Å². The zero-order valence-electron chi connectivity index (χ0n) is 14.1. The third kappa shape index (κ3) is 4.80. The number of guanidine groups is 1. The van der Waals surface area contributed by atoms with E-state index in [0.29, 0.717) is 23.9 Å². The van der Waals surface area contributed by atoms with Crippen molar-refractivity contribution >= 4 is 17.6 Å². The van der Waals surface area contributed by atoms with E-state index in [1.807, 2.05) is 36.2 Å². The molecule has 128 valence electrons. The van der Waals surface area contributed by atoms with Crippen LogP contribution in [-0.4, -0.2) is 37.2 Å². The molecule has 0 radical (unpaired) electrons. The summed E-state index contributed by atoms with van der Waals surface area (Å²) in [5.74, 6) is 1.64. The van der Waals surface area contributed by atoms with E-state index in [2.05, 4.69) is 10.3 Å². The van der Waals surface area contributed by atoms with Crippen LogP contribution in [0.5, 0.6) is 11.5 Å². The number of phenols is 1. The van der Waals surface area contributed by atoms with E-state index in [1.54, 1.807) is 32.4 Å². The normalized spacial score (nSPS) is 11.2. The molecule has 6 heteroatoms. The Morgan fingerprint density at radius 1 is 1.29 bits per heavy atom. The van der Waals surface area contributed by atoms with Gasteiger partial charge >= 0.3 is 0 Å². The molecule has 0 aromatic heterocycles. The van der Waals surface area contributed by atoms with Crippen LogP contribution in [-0.2, 0) is 13.1 Å². The van der Waals surface area contributed by atoms with Crippen LogP contribution >= 0.6 is 11.6 Å². The van der Waals surface area contributed by atoms with E-state index in [0.717, 1.165) is 17.1 Å². The first-order chi connectivity index (χ1) is 11.5. The van der Waals surface area contributed by atoms with Gasteiger partial charge in [-0.3, -0.25) is 4.99 Å². The van der Waals surface area contributed by atoms with Crippen LogP contribution < -0.4 is 10.1 Å². The van der Waals surface area contributed by atoms with Crippen molar-refractivity contribution in [2.24, 2.45) is 4.99 Å². The highest BCUT2D eigenvalue weighted by Gasteiger charge is 2.09. The van der Waals surface area contributed by atoms with Gasteiger partial charge in [-0.1, -0.05) is 23.7 Å². The summed E-state index contributed by atoms with van der Waals surface area (Å²) in [5, 5.41) is 13.9. The summed E-state index contributed by atoms with van der Waals surface area (Å²) in [7, 11) is 5.27. The van der Waals surface area contributed by atoms with Gasteiger partial charge in [-0.2, -0.15) is 0 Å². The van der Waals surface area contributed by atoms with Gasteiger partial charge in [0, 0.05) is 37.8 Å². The number of hydrogen-bond donors (Lipinski definition) is 2. The summed E-state index contributed by atoms with van der Waals surface area (Å²) in [6.45, 7) is 1.11. The lowest BCUT2D eigenvalue weighted by atomic mass is 10.2. The number of phenolic OH excluding ortho intramolecular Hbond substituents is 1. The van der Waals surface area contributed by atoms with Crippen molar-refractivity contribution in [2.75, 3.05) is 21.2 Å². The maximum absolute atomic E-state index is 9.96. The lowest BCUT2D eigenvalue weighted by Crippen LogP contribution is -2.38. The maximum Gasteiger partial charge on any atom is 0.193 e. The zero-order valence-corrected chi connectivity index (χ0v) is 14.8. The number of halogens is 1. The molecule has 0 bridgehead atoms. The summed E-state index contributed by atoms with van der Waals surface area (Å²) in [6.07, 6.45) is 0. The lowest BCUT2D eigenvalue weighted by Gasteiger charge is -2.22. The van der Waals surface area contributed by atoms with Crippen molar-refractivity contribution in [1.29, 1.82) is 0 Å². The van der Waals surface area contributed by atoms with Crippen LogP contribution in [0, 0.1) is 0 Å². The second-order valence-corrected chi connectivity index (χ2v) is 5.82. The first-order valence-electron chi connectivity index (χ1n) is 7.55. The molecule has 24 heavy (non-hydrogen) atoms. The van der Waals surface area contributed by atoms with Crippen LogP contribution in [0.1, 0.15) is 11.1 Å². The van der Waals surface area contributed by atoms with Gasteiger partial charge in [-0.25, -0.2) is 0 Å². The molecule has 0 saturated carbocycles. The number of hydrogen-bond acceptors (Lipinski definition) is 3. The molecular formula is C18H22ClN3O2. The fourth-order valence-corrected chi connectivity index (χ4v) is 2.59. The van der Waals surface area contributed by atoms with E-state index >= 15 is 0 Å². The van der Waals surface area contributed by atoms with Gasteiger partial charge in [-0.15, -0.1) is 0 Å². The fourth-order valence-electron chi connectivity index (χ4n) is 2.37. The number of methoxy groups -OCH3 is 1. The number of rotatable bonds is 5. The smallest absolute Gasteiger partial charge is 0.193 e. The SMILES string of the molecule is CN=C(NCc1cc(OC)ccc1O)N(C)Cc1cccc(Cl)c1. The van der Waals surface area contributed by atoms with Crippen molar-refractivity contribution in [1.82, 2.24) is 10.2 Å². The molecule has 0 aliphatic carbocycles. The van der Waals surface area contributed by atoms with Gasteiger partial charge < -0.3 is 20.1 Å². The van der Waals surface area contributed by atoms with Crippen LogP contribution in [0.2, 0.25) is 5.02 Å². The van der Waals surface area contributed by atoms with Gasteiger partial charge in [0.15, 0.2) is 5.96 Å². The molecule has 0 amide bonds. The third-order valence-corrected chi connectivity index (χ3v) is 3.84. The second-order valence-electron chi connectivity index (χ2n) is 5.38. The van der Waals surface area contributed by atoms with Crippen molar-refractivity contribution in [3.05, 3.63) is 58.6 Å². The van der Waals surface area contributed by atoms with Crippen LogP contribution in [0.4, 0.5) is 0 Å². The van der Waals surface area contributed by atoms with E-state index in [1.165, 1.54) is 0 Å². The van der Waals surface area contributed by atoms with Gasteiger partial charge in [0.25, 0.3) is 0 Å². The number of benzene rings is 2. The molecule has 2 rings (SSSR count). The van der Waals surface area contributed by atoms with E-state index < -0.39 is 0 Å². The van der Waals surface area contributed by atoms with E-state index in [-0.39, 0.29) is 5.75 Å². The van der Waals surface area contributed by atoms with Crippen molar-refractivity contribution < 1.29 is 9.84 Å². The van der Waals surface area contributed by atoms with E-state index in [9.17, 15) is 5.11 Å². The summed E-state index contributed by atoms with van der Waals surface area (Å²) in [6, 6.07) is 12.9. The number of aliphatic imine (C=N–C) groups is 1. The Morgan fingerprint density at radius 2 is 2.08 bits per heavy atom. The average Bonchev–Trinajstić information content (AvgIpc) is 2.57. The Labute approximate surface area is 147 Å². The molecule has 2 aromatic carbocycles. The molecule has 2 aromatic rings. The van der Waals surface area contributed by atoms with Crippen LogP contribution in [0.3, 0.4) is 0 Å². The number of ether oxygens (including phenoxy) is 1. The lowest BCUT2D eigenvalue weighted by molar-refractivity contribution is 0.410. The number of aromatic hydroxyl groups is 1. The van der Waals surface area contributed by atoms with Crippen molar-refractivity contribution in [3.8, 4) is 11.5 Å². The molecule has 0 saturated heterocycles. The molecule has 0 unspecified atom stereocenters. The Bertz CT molecular complexity index is 719. The van der Waals surface area contributed by atoms with E-state index in [4.69, 9.17) is 16.3 Å². The minimum atomic E-state index is 0.219. The molecule has 0 atom stereocenters. The highest BCUT2D eigenvalue weighted by molar-refractivity contribution is 6.30. The minimum absolute atomic E-state index is 0.219. The van der Waals surface area contributed by atoms with Crippen LogP contribution in [0.25, 0.3) is 0 Å².